The Balaban J connectivity index is 1.99. The van der Waals surface area contributed by atoms with Crippen LogP contribution in [0.4, 0.5) is 21.8 Å². The molecular formula is C20H36FN7O. The SMILES string of the molecule is C/C(=C\C(C)CF)NCN(c1nc(NCCN2CCOCC2)ncc1N)C(C)C. The minimum absolute atomic E-state index is 0.110. The van der Waals surface area contributed by atoms with E-state index in [4.69, 9.17) is 10.5 Å². The zero-order chi connectivity index (χ0) is 21.2. The predicted molar refractivity (Wildman–Crippen MR) is 117 cm³/mol. The molecule has 0 aliphatic carbocycles. The number of hydrogen-bond donors (Lipinski definition) is 3. The van der Waals surface area contributed by atoms with E-state index in [-0.39, 0.29) is 18.6 Å². The molecule has 1 aliphatic rings. The first-order valence-corrected chi connectivity index (χ1v) is 10.3. The molecule has 2 heterocycles. The number of morpholine rings is 1. The standard InChI is InChI=1S/C20H36FN7O/c1-15(2)28(14-25-17(4)11-16(3)12-21)19-18(22)13-24-20(26-19)23-5-6-27-7-9-29-10-8-27/h11,13,15-16,25H,5-10,12,14,22H2,1-4H3,(H,23,24,26)/b17-11+. The first-order valence-electron chi connectivity index (χ1n) is 10.3. The highest BCUT2D eigenvalue weighted by atomic mass is 19.1. The second kappa shape index (κ2) is 11.8. The summed E-state index contributed by atoms with van der Waals surface area (Å²) in [5.74, 6) is 1.13. The zero-order valence-corrected chi connectivity index (χ0v) is 18.1. The first kappa shape index (κ1) is 23.2. The lowest BCUT2D eigenvalue weighted by atomic mass is 10.2. The van der Waals surface area contributed by atoms with Crippen molar-refractivity contribution in [3.05, 3.63) is 18.0 Å². The van der Waals surface area contributed by atoms with Crippen LogP contribution >= 0.6 is 0 Å². The van der Waals surface area contributed by atoms with Crippen molar-refractivity contribution < 1.29 is 9.13 Å². The van der Waals surface area contributed by atoms with E-state index in [1.54, 1.807) is 6.20 Å². The molecule has 0 radical (unpaired) electrons. The Hall–Kier alpha value is -2.13. The van der Waals surface area contributed by atoms with Crippen LogP contribution in [0, 0.1) is 5.92 Å². The maximum absolute atomic E-state index is 12.7. The van der Waals surface area contributed by atoms with Gasteiger partial charge < -0.3 is 26.0 Å². The maximum atomic E-state index is 12.7. The number of allylic oxidation sites excluding steroid dienone is 2. The Labute approximate surface area is 173 Å². The van der Waals surface area contributed by atoms with Gasteiger partial charge in [0.1, 0.15) is 0 Å². The minimum Gasteiger partial charge on any atom is -0.394 e. The van der Waals surface area contributed by atoms with Gasteiger partial charge in [-0.15, -0.1) is 0 Å². The number of rotatable bonds is 11. The maximum Gasteiger partial charge on any atom is 0.224 e. The predicted octanol–water partition coefficient (Wildman–Crippen LogP) is 2.07. The van der Waals surface area contributed by atoms with E-state index >= 15 is 0 Å². The van der Waals surface area contributed by atoms with Gasteiger partial charge in [-0.1, -0.05) is 13.0 Å². The first-order chi connectivity index (χ1) is 13.9. The van der Waals surface area contributed by atoms with Gasteiger partial charge in [0.05, 0.1) is 38.4 Å². The molecule has 8 nitrogen and oxygen atoms in total. The molecule has 1 unspecified atom stereocenters. The topological polar surface area (TPSA) is 91.6 Å². The second-order valence-corrected chi connectivity index (χ2v) is 7.73. The average Bonchev–Trinajstić information content (AvgIpc) is 2.70. The van der Waals surface area contributed by atoms with E-state index in [0.29, 0.717) is 24.1 Å². The minimum atomic E-state index is -0.370. The van der Waals surface area contributed by atoms with Crippen LogP contribution in [0.3, 0.4) is 0 Å². The normalized spacial score (nSPS) is 16.7. The van der Waals surface area contributed by atoms with Gasteiger partial charge in [-0.3, -0.25) is 9.29 Å². The lowest BCUT2D eigenvalue weighted by Gasteiger charge is -2.30. The summed E-state index contributed by atoms with van der Waals surface area (Å²) in [5.41, 5.74) is 7.63. The Morgan fingerprint density at radius 1 is 1.38 bits per heavy atom. The number of ether oxygens (including phenoxy) is 1. The van der Waals surface area contributed by atoms with Gasteiger partial charge >= 0.3 is 0 Å². The fourth-order valence-electron chi connectivity index (χ4n) is 3.09. The Morgan fingerprint density at radius 2 is 2.10 bits per heavy atom. The van der Waals surface area contributed by atoms with Crippen LogP contribution in [0.15, 0.2) is 18.0 Å². The fraction of sp³-hybridized carbons (Fsp3) is 0.700. The van der Waals surface area contributed by atoms with Crippen molar-refractivity contribution in [2.45, 2.75) is 33.7 Å². The molecule has 0 saturated carbocycles. The van der Waals surface area contributed by atoms with Crippen LogP contribution in [0.25, 0.3) is 0 Å². The van der Waals surface area contributed by atoms with Crippen molar-refractivity contribution in [3.63, 3.8) is 0 Å². The third-order valence-electron chi connectivity index (χ3n) is 4.81. The van der Waals surface area contributed by atoms with Crippen LogP contribution in [0.2, 0.25) is 0 Å². The molecule has 0 spiro atoms. The lowest BCUT2D eigenvalue weighted by molar-refractivity contribution is 0.0398. The monoisotopic (exact) mass is 409 g/mol. The van der Waals surface area contributed by atoms with E-state index in [1.165, 1.54) is 0 Å². The second-order valence-electron chi connectivity index (χ2n) is 7.73. The molecule has 1 aliphatic heterocycles. The van der Waals surface area contributed by atoms with E-state index in [1.807, 2.05) is 19.9 Å². The summed E-state index contributed by atoms with van der Waals surface area (Å²) in [5, 5.41) is 6.62. The summed E-state index contributed by atoms with van der Waals surface area (Å²) in [6.07, 6.45) is 3.53. The van der Waals surface area contributed by atoms with Crippen molar-refractivity contribution in [2.75, 3.05) is 68.7 Å². The Morgan fingerprint density at radius 3 is 2.76 bits per heavy atom. The third kappa shape index (κ3) is 7.66. The highest BCUT2D eigenvalue weighted by Crippen LogP contribution is 2.22. The molecule has 1 atom stereocenters. The molecule has 1 saturated heterocycles. The average molecular weight is 410 g/mol. The third-order valence-corrected chi connectivity index (χ3v) is 4.81. The van der Waals surface area contributed by atoms with Gasteiger partial charge in [0, 0.05) is 43.8 Å². The smallest absolute Gasteiger partial charge is 0.224 e. The van der Waals surface area contributed by atoms with Gasteiger partial charge in [0.25, 0.3) is 0 Å². The van der Waals surface area contributed by atoms with Gasteiger partial charge in [-0.2, -0.15) is 4.98 Å². The van der Waals surface area contributed by atoms with Crippen LogP contribution in [0.1, 0.15) is 27.7 Å². The van der Waals surface area contributed by atoms with Gasteiger partial charge in [0.2, 0.25) is 5.95 Å². The van der Waals surface area contributed by atoms with Gasteiger partial charge in [-0.05, 0) is 20.8 Å². The van der Waals surface area contributed by atoms with Crippen LogP contribution in [-0.2, 0) is 4.74 Å². The van der Waals surface area contributed by atoms with E-state index in [0.717, 1.165) is 45.1 Å². The van der Waals surface area contributed by atoms with Crippen molar-refractivity contribution >= 4 is 17.5 Å². The Kier molecular flexibility index (Phi) is 9.40. The van der Waals surface area contributed by atoms with E-state index in [2.05, 4.69) is 44.2 Å². The molecule has 2 rings (SSSR count). The molecule has 1 aromatic heterocycles. The van der Waals surface area contributed by atoms with Gasteiger partial charge in [0.15, 0.2) is 5.82 Å². The van der Waals surface area contributed by atoms with Crippen molar-refractivity contribution in [1.82, 2.24) is 20.2 Å². The lowest BCUT2D eigenvalue weighted by Crippen LogP contribution is -2.40. The largest absolute Gasteiger partial charge is 0.394 e. The zero-order valence-electron chi connectivity index (χ0n) is 18.1. The summed E-state index contributed by atoms with van der Waals surface area (Å²) in [7, 11) is 0. The van der Waals surface area contributed by atoms with Crippen molar-refractivity contribution in [1.29, 1.82) is 0 Å². The van der Waals surface area contributed by atoms with Crippen LogP contribution in [-0.4, -0.2) is 73.6 Å². The number of nitrogens with two attached hydrogens (primary N) is 1. The summed E-state index contributed by atoms with van der Waals surface area (Å²) >= 11 is 0. The number of nitrogens with one attached hydrogen (secondary N) is 2. The van der Waals surface area contributed by atoms with E-state index in [9.17, 15) is 4.39 Å². The van der Waals surface area contributed by atoms with Gasteiger partial charge in [-0.25, -0.2) is 4.98 Å². The summed E-state index contributed by atoms with van der Waals surface area (Å²) in [6.45, 7) is 13.3. The number of hydrogen-bond acceptors (Lipinski definition) is 8. The van der Waals surface area contributed by atoms with E-state index < -0.39 is 0 Å². The molecule has 164 valence electrons. The molecule has 1 fully saturated rings. The number of nitrogen functional groups attached to an aromatic ring is 1. The molecule has 4 N–H and O–H groups in total. The Bertz CT molecular complexity index is 650. The van der Waals surface area contributed by atoms with Crippen LogP contribution < -0.4 is 21.3 Å². The number of aromatic nitrogens is 2. The highest BCUT2D eigenvalue weighted by Gasteiger charge is 2.17. The molecule has 29 heavy (non-hydrogen) atoms. The van der Waals surface area contributed by atoms with Crippen LogP contribution in [0.5, 0.6) is 0 Å². The molecule has 0 amide bonds. The quantitative estimate of drug-likeness (QED) is 0.479. The van der Waals surface area contributed by atoms with Crippen molar-refractivity contribution in [3.8, 4) is 0 Å². The number of alkyl halides is 1. The number of nitrogens with zero attached hydrogens (tertiary/aromatic N) is 4. The summed E-state index contributed by atoms with van der Waals surface area (Å²) in [4.78, 5) is 13.4. The molecular weight excluding hydrogens is 373 g/mol. The highest BCUT2D eigenvalue weighted by molar-refractivity contribution is 5.63. The molecule has 0 aromatic carbocycles. The fourth-order valence-corrected chi connectivity index (χ4v) is 3.09. The molecule has 9 heteroatoms. The molecule has 0 bridgehead atoms. The number of anilines is 3. The van der Waals surface area contributed by atoms with Crippen molar-refractivity contribution in [2.24, 2.45) is 5.92 Å². The molecule has 1 aromatic rings. The summed E-state index contributed by atoms with van der Waals surface area (Å²) < 4.78 is 18.1. The number of halogens is 1. The summed E-state index contributed by atoms with van der Waals surface area (Å²) in [6, 6.07) is 0.173.